The Bertz CT molecular complexity index is 1420. The summed E-state index contributed by atoms with van der Waals surface area (Å²) < 4.78 is 1.71. The van der Waals surface area contributed by atoms with Gasteiger partial charge in [-0.3, -0.25) is 14.8 Å². The number of hydrogen-bond donors (Lipinski definition) is 1. The van der Waals surface area contributed by atoms with E-state index in [0.29, 0.717) is 23.0 Å². The molecule has 8 heteroatoms. The molecule has 0 fully saturated rings. The highest BCUT2D eigenvalue weighted by atomic mass is 16.1. The van der Waals surface area contributed by atoms with Crippen molar-refractivity contribution in [2.75, 3.05) is 0 Å². The summed E-state index contributed by atoms with van der Waals surface area (Å²) in [5.74, 6) is 1.31. The maximum absolute atomic E-state index is 11.4. The van der Waals surface area contributed by atoms with E-state index in [9.17, 15) is 4.79 Å². The first-order chi connectivity index (χ1) is 15.1. The first-order valence-corrected chi connectivity index (χ1v) is 9.61. The van der Waals surface area contributed by atoms with Crippen molar-refractivity contribution in [3.8, 4) is 28.6 Å². The van der Waals surface area contributed by atoms with Gasteiger partial charge in [0.15, 0.2) is 17.5 Å². The number of rotatable bonds is 4. The number of amides is 1. The van der Waals surface area contributed by atoms with Crippen LogP contribution in [-0.4, -0.2) is 35.6 Å². The van der Waals surface area contributed by atoms with Crippen LogP contribution < -0.4 is 5.73 Å². The Morgan fingerprint density at radius 2 is 1.61 bits per heavy atom. The van der Waals surface area contributed by atoms with Crippen LogP contribution >= 0.6 is 0 Å². The largest absolute Gasteiger partial charge is 0.366 e. The van der Waals surface area contributed by atoms with Crippen molar-refractivity contribution in [1.82, 2.24) is 29.7 Å². The fraction of sp³-hybridized carbons (Fsp3) is 0.0435. The van der Waals surface area contributed by atoms with Gasteiger partial charge in [0.25, 0.3) is 0 Å². The number of carbonyl (C=O) groups excluding carboxylic acids is 1. The number of carbonyl (C=O) groups is 1. The Balaban J connectivity index is 1.68. The summed E-state index contributed by atoms with van der Waals surface area (Å²) in [5.41, 5.74) is 9.81. The van der Waals surface area contributed by atoms with Gasteiger partial charge in [0.05, 0.1) is 11.0 Å². The minimum absolute atomic E-state index is 0.428. The van der Waals surface area contributed by atoms with Crippen molar-refractivity contribution in [2.24, 2.45) is 5.73 Å². The lowest BCUT2D eigenvalue weighted by Crippen LogP contribution is -2.10. The normalized spacial score (nSPS) is 11.0. The average molecular weight is 407 g/mol. The molecule has 1 amide bonds. The van der Waals surface area contributed by atoms with E-state index in [1.165, 1.54) is 0 Å². The van der Waals surface area contributed by atoms with Gasteiger partial charge in [0.2, 0.25) is 5.91 Å². The SMILES string of the molecule is Cc1cccc(-n2nc(-c3ccc(C(N)=O)cc3)nc2-c2ccc3nccnc3c2)n1. The van der Waals surface area contributed by atoms with Gasteiger partial charge in [-0.1, -0.05) is 18.2 Å². The topological polar surface area (TPSA) is 112 Å². The molecule has 3 aromatic heterocycles. The van der Waals surface area contributed by atoms with Crippen LogP contribution in [0.25, 0.3) is 39.6 Å². The van der Waals surface area contributed by atoms with Gasteiger partial charge in [-0.05, 0) is 49.4 Å². The van der Waals surface area contributed by atoms with Crippen molar-refractivity contribution >= 4 is 16.9 Å². The molecule has 150 valence electrons. The Labute approximate surface area is 177 Å². The molecule has 5 rings (SSSR count). The predicted molar refractivity (Wildman–Crippen MR) is 116 cm³/mol. The molecule has 0 radical (unpaired) electrons. The van der Waals surface area contributed by atoms with Crippen LogP contribution in [0.1, 0.15) is 16.1 Å². The van der Waals surface area contributed by atoms with Crippen LogP contribution in [-0.2, 0) is 0 Å². The highest BCUT2D eigenvalue weighted by Gasteiger charge is 2.17. The summed E-state index contributed by atoms with van der Waals surface area (Å²) in [7, 11) is 0. The quantitative estimate of drug-likeness (QED) is 0.489. The third-order valence-corrected chi connectivity index (χ3v) is 4.85. The molecule has 0 saturated heterocycles. The third kappa shape index (κ3) is 3.51. The summed E-state index contributed by atoms with van der Waals surface area (Å²) in [6.45, 7) is 1.93. The van der Waals surface area contributed by atoms with E-state index in [-0.39, 0.29) is 0 Å². The van der Waals surface area contributed by atoms with E-state index in [1.807, 2.05) is 43.3 Å². The van der Waals surface area contributed by atoms with Crippen molar-refractivity contribution in [3.05, 3.63) is 84.3 Å². The fourth-order valence-electron chi connectivity index (χ4n) is 3.31. The zero-order valence-corrected chi connectivity index (χ0v) is 16.6. The van der Waals surface area contributed by atoms with E-state index < -0.39 is 5.91 Å². The Kier molecular flexibility index (Phi) is 4.44. The van der Waals surface area contributed by atoms with Gasteiger partial charge < -0.3 is 5.73 Å². The minimum Gasteiger partial charge on any atom is -0.366 e. The van der Waals surface area contributed by atoms with Crippen molar-refractivity contribution < 1.29 is 4.79 Å². The number of aryl methyl sites for hydroxylation is 1. The second-order valence-electron chi connectivity index (χ2n) is 7.01. The molecular formula is C23H17N7O. The number of benzene rings is 2. The molecule has 0 aliphatic heterocycles. The van der Waals surface area contributed by atoms with E-state index in [2.05, 4.69) is 15.0 Å². The summed E-state index contributed by atoms with van der Waals surface area (Å²) in [4.78, 5) is 29.5. The van der Waals surface area contributed by atoms with Crippen molar-refractivity contribution in [1.29, 1.82) is 0 Å². The lowest BCUT2D eigenvalue weighted by atomic mass is 10.1. The molecule has 0 saturated carbocycles. The van der Waals surface area contributed by atoms with Gasteiger partial charge in [0, 0.05) is 34.8 Å². The summed E-state index contributed by atoms with van der Waals surface area (Å²) in [6.07, 6.45) is 3.32. The number of hydrogen-bond acceptors (Lipinski definition) is 6. The molecule has 0 bridgehead atoms. The summed E-state index contributed by atoms with van der Waals surface area (Å²) in [6, 6.07) is 18.4. The first kappa shape index (κ1) is 18.6. The molecule has 2 aromatic carbocycles. The number of primary amides is 1. The number of pyridine rings is 1. The monoisotopic (exact) mass is 407 g/mol. The summed E-state index contributed by atoms with van der Waals surface area (Å²) in [5, 5.41) is 4.71. The van der Waals surface area contributed by atoms with Crippen LogP contribution in [0.4, 0.5) is 0 Å². The van der Waals surface area contributed by atoms with Crippen LogP contribution in [0.15, 0.2) is 73.1 Å². The second-order valence-corrected chi connectivity index (χ2v) is 7.01. The highest BCUT2D eigenvalue weighted by Crippen LogP contribution is 2.27. The summed E-state index contributed by atoms with van der Waals surface area (Å²) >= 11 is 0. The molecule has 0 atom stereocenters. The Morgan fingerprint density at radius 1 is 0.871 bits per heavy atom. The first-order valence-electron chi connectivity index (χ1n) is 9.61. The zero-order valence-electron chi connectivity index (χ0n) is 16.6. The molecule has 0 aliphatic rings. The molecular weight excluding hydrogens is 390 g/mol. The average Bonchev–Trinajstić information content (AvgIpc) is 3.24. The molecule has 5 aromatic rings. The lowest BCUT2D eigenvalue weighted by molar-refractivity contribution is 0.100. The second kappa shape index (κ2) is 7.42. The smallest absolute Gasteiger partial charge is 0.248 e. The molecule has 0 unspecified atom stereocenters. The van der Waals surface area contributed by atoms with Gasteiger partial charge in [-0.15, -0.1) is 5.10 Å². The van der Waals surface area contributed by atoms with Crippen LogP contribution in [0, 0.1) is 6.92 Å². The standard InChI is InChI=1S/C23H17N7O/c1-14-3-2-4-20(27-14)30-23(17-9-10-18-19(13-17)26-12-11-25-18)28-22(29-30)16-7-5-15(6-8-16)21(24)31/h2-13H,1H3,(H2,24,31). The highest BCUT2D eigenvalue weighted by molar-refractivity contribution is 5.93. The van der Waals surface area contributed by atoms with E-state index in [0.717, 1.165) is 27.9 Å². The van der Waals surface area contributed by atoms with Crippen LogP contribution in [0.3, 0.4) is 0 Å². The fourth-order valence-corrected chi connectivity index (χ4v) is 3.31. The van der Waals surface area contributed by atoms with Gasteiger partial charge >= 0.3 is 0 Å². The molecule has 2 N–H and O–H groups in total. The number of nitrogens with two attached hydrogens (primary N) is 1. The van der Waals surface area contributed by atoms with E-state index in [1.54, 1.807) is 41.3 Å². The lowest BCUT2D eigenvalue weighted by Gasteiger charge is -2.06. The van der Waals surface area contributed by atoms with Crippen molar-refractivity contribution in [2.45, 2.75) is 6.92 Å². The molecule has 0 spiro atoms. The molecule has 3 heterocycles. The molecule has 31 heavy (non-hydrogen) atoms. The number of nitrogens with zero attached hydrogens (tertiary/aromatic N) is 6. The van der Waals surface area contributed by atoms with Crippen LogP contribution in [0.5, 0.6) is 0 Å². The van der Waals surface area contributed by atoms with Crippen LogP contribution in [0.2, 0.25) is 0 Å². The third-order valence-electron chi connectivity index (χ3n) is 4.85. The van der Waals surface area contributed by atoms with Gasteiger partial charge in [0.1, 0.15) is 0 Å². The van der Waals surface area contributed by atoms with Gasteiger partial charge in [-0.2, -0.15) is 4.68 Å². The number of aromatic nitrogens is 6. The molecule has 8 nitrogen and oxygen atoms in total. The van der Waals surface area contributed by atoms with E-state index in [4.69, 9.17) is 15.8 Å². The van der Waals surface area contributed by atoms with Gasteiger partial charge in [-0.25, -0.2) is 9.97 Å². The predicted octanol–water partition coefficient (Wildman–Crippen LogP) is 3.35. The Hall–Kier alpha value is -4.46. The minimum atomic E-state index is -0.480. The number of fused-ring (bicyclic) bond motifs is 1. The van der Waals surface area contributed by atoms with E-state index >= 15 is 0 Å². The maximum atomic E-state index is 11.4. The van der Waals surface area contributed by atoms with Crippen molar-refractivity contribution in [3.63, 3.8) is 0 Å². The maximum Gasteiger partial charge on any atom is 0.248 e. The Morgan fingerprint density at radius 3 is 2.35 bits per heavy atom. The molecule has 0 aliphatic carbocycles. The zero-order chi connectivity index (χ0) is 21.4.